The average Bonchev–Trinajstić information content (AvgIpc) is 3.44. The molecule has 0 unspecified atom stereocenters. The number of aromatic nitrogens is 2. The molecule has 41 heavy (non-hydrogen) atoms. The third kappa shape index (κ3) is 5.64. The maximum Gasteiger partial charge on any atom is 0.226 e. The maximum absolute atomic E-state index is 13.1. The Bertz CT molecular complexity index is 1590. The van der Waals surface area contributed by atoms with E-state index in [4.69, 9.17) is 17.2 Å². The summed E-state index contributed by atoms with van der Waals surface area (Å²) in [6, 6.07) is 20.6. The van der Waals surface area contributed by atoms with Crippen LogP contribution >= 0.6 is 12.2 Å². The van der Waals surface area contributed by atoms with Gasteiger partial charge in [-0.2, -0.15) is 0 Å². The smallest absolute Gasteiger partial charge is 0.226 e. The highest BCUT2D eigenvalue weighted by atomic mass is 32.1. The SMILES string of the molecule is CCc1cccc(C)c1-n1c(C)cc([C@@H]2[C@H](c3ccccn3)NC(=S)N2CCC(=O)Nc2cc(C)ccc2C)c1C. The van der Waals surface area contributed by atoms with Crippen LogP contribution in [0, 0.1) is 34.6 Å². The molecular formula is C34H39N5OS. The van der Waals surface area contributed by atoms with Crippen LogP contribution in [0.15, 0.2) is 66.9 Å². The van der Waals surface area contributed by atoms with E-state index in [0.717, 1.165) is 28.9 Å². The number of hydrogen-bond donors (Lipinski definition) is 2. The average molecular weight is 566 g/mol. The molecule has 7 heteroatoms. The van der Waals surface area contributed by atoms with Crippen molar-refractivity contribution >= 4 is 28.9 Å². The van der Waals surface area contributed by atoms with Crippen molar-refractivity contribution in [2.75, 3.05) is 11.9 Å². The van der Waals surface area contributed by atoms with Crippen LogP contribution in [0.5, 0.6) is 0 Å². The number of carbonyl (C=O) groups is 1. The maximum atomic E-state index is 13.1. The number of thiocarbonyl (C=S) groups is 1. The molecule has 0 radical (unpaired) electrons. The number of rotatable bonds is 8. The Balaban J connectivity index is 1.51. The Morgan fingerprint density at radius 3 is 2.54 bits per heavy atom. The zero-order chi connectivity index (χ0) is 29.3. The van der Waals surface area contributed by atoms with Crippen molar-refractivity contribution in [1.82, 2.24) is 19.8 Å². The van der Waals surface area contributed by atoms with Crippen molar-refractivity contribution in [3.63, 3.8) is 0 Å². The minimum Gasteiger partial charge on any atom is -0.352 e. The molecule has 2 aromatic heterocycles. The van der Waals surface area contributed by atoms with Gasteiger partial charge < -0.3 is 20.1 Å². The Morgan fingerprint density at radius 2 is 1.80 bits per heavy atom. The molecule has 2 atom stereocenters. The van der Waals surface area contributed by atoms with Gasteiger partial charge in [0.25, 0.3) is 0 Å². The molecule has 2 aromatic carbocycles. The summed E-state index contributed by atoms with van der Waals surface area (Å²) in [4.78, 5) is 20.0. The second-order valence-electron chi connectivity index (χ2n) is 11.0. The fourth-order valence-corrected chi connectivity index (χ4v) is 6.38. The molecule has 1 aliphatic rings. The number of nitrogens with one attached hydrogen (secondary N) is 2. The summed E-state index contributed by atoms with van der Waals surface area (Å²) in [7, 11) is 0. The quantitative estimate of drug-likeness (QED) is 0.226. The highest BCUT2D eigenvalue weighted by molar-refractivity contribution is 7.80. The molecule has 212 valence electrons. The molecule has 1 aliphatic heterocycles. The van der Waals surface area contributed by atoms with Crippen LogP contribution in [-0.4, -0.2) is 32.0 Å². The van der Waals surface area contributed by atoms with E-state index in [1.165, 1.54) is 33.8 Å². The molecule has 0 saturated carbocycles. The zero-order valence-corrected chi connectivity index (χ0v) is 25.6. The summed E-state index contributed by atoms with van der Waals surface area (Å²) in [6.07, 6.45) is 3.09. The molecule has 0 bridgehead atoms. The van der Waals surface area contributed by atoms with Crippen LogP contribution < -0.4 is 10.6 Å². The predicted octanol–water partition coefficient (Wildman–Crippen LogP) is 6.98. The highest BCUT2D eigenvalue weighted by Gasteiger charge is 2.41. The molecule has 2 N–H and O–H groups in total. The zero-order valence-electron chi connectivity index (χ0n) is 24.8. The van der Waals surface area contributed by atoms with Gasteiger partial charge in [0.2, 0.25) is 5.91 Å². The minimum absolute atomic E-state index is 0.0282. The van der Waals surface area contributed by atoms with Gasteiger partial charge in [-0.3, -0.25) is 9.78 Å². The summed E-state index contributed by atoms with van der Waals surface area (Å²) >= 11 is 5.90. The van der Waals surface area contributed by atoms with Gasteiger partial charge in [0, 0.05) is 36.2 Å². The Kier molecular flexibility index (Phi) is 8.27. The van der Waals surface area contributed by atoms with Crippen molar-refractivity contribution in [2.24, 2.45) is 0 Å². The largest absolute Gasteiger partial charge is 0.352 e. The third-order valence-corrected chi connectivity index (χ3v) is 8.51. The third-order valence-electron chi connectivity index (χ3n) is 8.16. The lowest BCUT2D eigenvalue weighted by Gasteiger charge is -2.28. The lowest BCUT2D eigenvalue weighted by atomic mass is 9.96. The number of para-hydroxylation sites is 1. The van der Waals surface area contributed by atoms with Gasteiger partial charge in [0.15, 0.2) is 5.11 Å². The number of benzene rings is 2. The normalized spacial score (nSPS) is 16.6. The van der Waals surface area contributed by atoms with Gasteiger partial charge in [-0.1, -0.05) is 43.3 Å². The molecule has 5 rings (SSSR count). The van der Waals surface area contributed by atoms with Gasteiger partial charge in [0.1, 0.15) is 0 Å². The minimum atomic E-state index is -0.137. The number of anilines is 1. The van der Waals surface area contributed by atoms with E-state index in [-0.39, 0.29) is 18.0 Å². The molecule has 6 nitrogen and oxygen atoms in total. The first-order chi connectivity index (χ1) is 19.7. The summed E-state index contributed by atoms with van der Waals surface area (Å²) in [6.45, 7) is 13.3. The lowest BCUT2D eigenvalue weighted by molar-refractivity contribution is -0.116. The number of pyridine rings is 1. The van der Waals surface area contributed by atoms with Crippen molar-refractivity contribution in [2.45, 2.75) is 66.5 Å². The molecule has 1 amide bonds. The summed E-state index contributed by atoms with van der Waals surface area (Å²) in [5.41, 5.74) is 11.3. The molecule has 0 spiro atoms. The van der Waals surface area contributed by atoms with Gasteiger partial charge in [-0.15, -0.1) is 0 Å². The van der Waals surface area contributed by atoms with Gasteiger partial charge >= 0.3 is 0 Å². The highest BCUT2D eigenvalue weighted by Crippen LogP contribution is 2.42. The molecule has 4 aromatic rings. The van der Waals surface area contributed by atoms with Crippen LogP contribution in [0.2, 0.25) is 0 Å². The second-order valence-corrected chi connectivity index (χ2v) is 11.4. The van der Waals surface area contributed by atoms with Crippen molar-refractivity contribution in [3.05, 3.63) is 112 Å². The molecule has 1 fully saturated rings. The van der Waals surface area contributed by atoms with Crippen LogP contribution in [0.4, 0.5) is 5.69 Å². The topological polar surface area (TPSA) is 62.2 Å². The van der Waals surface area contributed by atoms with Gasteiger partial charge in [-0.25, -0.2) is 0 Å². The van der Waals surface area contributed by atoms with Crippen LogP contribution in [0.3, 0.4) is 0 Å². The predicted molar refractivity (Wildman–Crippen MR) is 171 cm³/mol. The Hall–Kier alpha value is -3.97. The second kappa shape index (κ2) is 11.9. The first-order valence-corrected chi connectivity index (χ1v) is 14.7. The molecule has 1 saturated heterocycles. The standard InChI is InChI=1S/C34H39N5OS/c1-7-26-12-10-11-23(4)32(26)39-24(5)20-27(25(39)6)33-31(28-13-8-9-17-35-28)37-34(41)38(33)18-16-30(40)36-29-19-21(2)14-15-22(29)3/h8-15,17,19-20,31,33H,7,16,18H2,1-6H3,(H,36,40)(H,37,41)/t31-,33+/m0/s1. The monoisotopic (exact) mass is 565 g/mol. The van der Waals surface area contributed by atoms with Crippen LogP contribution in [-0.2, 0) is 11.2 Å². The number of hydrogen-bond acceptors (Lipinski definition) is 3. The molecular weight excluding hydrogens is 526 g/mol. The van der Waals surface area contributed by atoms with Gasteiger partial charge in [-0.05, 0) is 105 Å². The van der Waals surface area contributed by atoms with E-state index in [2.05, 4.69) is 78.1 Å². The van der Waals surface area contributed by atoms with Crippen molar-refractivity contribution in [3.8, 4) is 5.69 Å². The summed E-state index contributed by atoms with van der Waals surface area (Å²) in [5, 5.41) is 7.29. The number of carbonyl (C=O) groups excluding carboxylic acids is 1. The van der Waals surface area contributed by atoms with E-state index in [0.29, 0.717) is 18.1 Å². The Morgan fingerprint density at radius 1 is 1.00 bits per heavy atom. The molecule has 3 heterocycles. The fourth-order valence-electron chi connectivity index (χ4n) is 6.05. The first-order valence-electron chi connectivity index (χ1n) is 14.3. The van der Waals surface area contributed by atoms with Crippen molar-refractivity contribution < 1.29 is 4.79 Å². The first kappa shape index (κ1) is 28.6. The van der Waals surface area contributed by atoms with Gasteiger partial charge in [0.05, 0.1) is 23.5 Å². The Labute approximate surface area is 248 Å². The van der Waals surface area contributed by atoms with E-state index in [1.807, 2.05) is 50.4 Å². The van der Waals surface area contributed by atoms with E-state index >= 15 is 0 Å². The molecule has 0 aliphatic carbocycles. The van der Waals surface area contributed by atoms with Crippen LogP contribution in [0.25, 0.3) is 5.69 Å². The summed E-state index contributed by atoms with van der Waals surface area (Å²) < 4.78 is 2.38. The van der Waals surface area contributed by atoms with E-state index in [9.17, 15) is 4.79 Å². The van der Waals surface area contributed by atoms with E-state index < -0.39 is 0 Å². The van der Waals surface area contributed by atoms with Crippen molar-refractivity contribution in [1.29, 1.82) is 0 Å². The van der Waals surface area contributed by atoms with Crippen LogP contribution in [0.1, 0.15) is 70.3 Å². The summed E-state index contributed by atoms with van der Waals surface area (Å²) in [5.74, 6) is -0.0282. The number of aryl methyl sites for hydroxylation is 5. The fraction of sp³-hybridized carbons (Fsp3) is 0.324. The lowest BCUT2D eigenvalue weighted by Crippen LogP contribution is -2.33. The number of amides is 1. The number of nitrogens with zero attached hydrogens (tertiary/aromatic N) is 3. The van der Waals surface area contributed by atoms with E-state index in [1.54, 1.807) is 0 Å².